The average Bonchev–Trinajstić information content (AvgIpc) is 2.27. The molecule has 0 radical (unpaired) electrons. The van der Waals surface area contributed by atoms with Crippen molar-refractivity contribution in [2.45, 2.75) is 51.7 Å². The van der Waals surface area contributed by atoms with Crippen LogP contribution in [-0.4, -0.2) is 40.9 Å². The summed E-state index contributed by atoms with van der Waals surface area (Å²) in [5.74, 6) is 0.838. The van der Waals surface area contributed by atoms with Crippen molar-refractivity contribution in [2.24, 2.45) is 11.8 Å². The molecule has 0 aromatic rings. The van der Waals surface area contributed by atoms with E-state index in [2.05, 4.69) is 0 Å². The fourth-order valence-corrected chi connectivity index (χ4v) is 2.99. The first-order valence-electron chi connectivity index (χ1n) is 6.51. The third kappa shape index (κ3) is 2.73. The van der Waals surface area contributed by atoms with Crippen molar-refractivity contribution in [3.05, 3.63) is 0 Å². The summed E-state index contributed by atoms with van der Waals surface area (Å²) >= 11 is 0. The highest BCUT2D eigenvalue weighted by Crippen LogP contribution is 2.39. The predicted octanol–water partition coefficient (Wildman–Crippen LogP) is 2.01. The minimum absolute atomic E-state index is 0.191. The molecule has 17 heavy (non-hydrogen) atoms. The van der Waals surface area contributed by atoms with Gasteiger partial charge in [0.25, 0.3) is 0 Å². The van der Waals surface area contributed by atoms with Crippen LogP contribution in [-0.2, 0) is 4.74 Å². The highest BCUT2D eigenvalue weighted by Gasteiger charge is 2.43. The van der Waals surface area contributed by atoms with Crippen LogP contribution >= 0.6 is 0 Å². The molecule has 2 saturated heterocycles. The molecule has 1 N–H and O–H groups in total. The van der Waals surface area contributed by atoms with Crippen LogP contribution in [0.25, 0.3) is 0 Å². The fraction of sp³-hybridized carbons (Fsp3) is 0.923. The molecular weight excluding hydrogens is 218 g/mol. The molecule has 3 fully saturated rings. The summed E-state index contributed by atoms with van der Waals surface area (Å²) in [5.41, 5.74) is -0.426. The zero-order valence-corrected chi connectivity index (χ0v) is 11.0. The summed E-state index contributed by atoms with van der Waals surface area (Å²) in [5, 5.41) is 9.29. The average molecular weight is 241 g/mol. The molecule has 3 unspecified atom stereocenters. The van der Waals surface area contributed by atoms with Crippen molar-refractivity contribution >= 4 is 6.09 Å². The third-order valence-corrected chi connectivity index (χ3v) is 3.85. The first kappa shape index (κ1) is 12.7. The van der Waals surface area contributed by atoms with Gasteiger partial charge in [0, 0.05) is 19.2 Å². The highest BCUT2D eigenvalue weighted by molar-refractivity contribution is 5.69. The monoisotopic (exact) mass is 241 g/mol. The van der Waals surface area contributed by atoms with E-state index >= 15 is 0 Å². The van der Waals surface area contributed by atoms with E-state index in [0.717, 1.165) is 25.8 Å². The van der Waals surface area contributed by atoms with Crippen molar-refractivity contribution in [3.8, 4) is 0 Å². The molecule has 1 aliphatic carbocycles. The van der Waals surface area contributed by atoms with Crippen molar-refractivity contribution in [1.82, 2.24) is 4.90 Å². The van der Waals surface area contributed by atoms with Crippen molar-refractivity contribution in [3.63, 3.8) is 0 Å². The molecule has 0 aromatic heterocycles. The Bertz CT molecular complexity index is 298. The minimum Gasteiger partial charge on any atom is -0.444 e. The summed E-state index contributed by atoms with van der Waals surface area (Å²) < 4.78 is 5.42. The van der Waals surface area contributed by atoms with Gasteiger partial charge in [-0.15, -0.1) is 0 Å². The maximum Gasteiger partial charge on any atom is 0.410 e. The number of rotatable bonds is 1. The van der Waals surface area contributed by atoms with E-state index in [-0.39, 0.29) is 18.7 Å². The number of ether oxygens (including phenoxy) is 1. The van der Waals surface area contributed by atoms with E-state index in [4.69, 9.17) is 4.74 Å². The summed E-state index contributed by atoms with van der Waals surface area (Å²) in [6.45, 7) is 6.69. The molecule has 0 spiro atoms. The molecule has 3 rings (SSSR count). The van der Waals surface area contributed by atoms with Gasteiger partial charge in [0.1, 0.15) is 5.60 Å². The van der Waals surface area contributed by atoms with Crippen LogP contribution in [0.3, 0.4) is 0 Å². The summed E-state index contributed by atoms with van der Waals surface area (Å²) in [7, 11) is 0. The Hall–Kier alpha value is -0.770. The number of nitrogens with zero attached hydrogens (tertiary/aromatic N) is 1. The molecule has 2 bridgehead atoms. The molecule has 98 valence electrons. The molecule has 1 saturated carbocycles. The topological polar surface area (TPSA) is 49.8 Å². The van der Waals surface area contributed by atoms with Gasteiger partial charge in [-0.05, 0) is 51.9 Å². The normalized spacial score (nSPS) is 32.7. The van der Waals surface area contributed by atoms with E-state index in [0.29, 0.717) is 11.8 Å². The number of amides is 1. The second-order valence-electron chi connectivity index (χ2n) is 6.30. The lowest BCUT2D eigenvalue weighted by atomic mass is 9.72. The number of fused-ring (bicyclic) bond motifs is 3. The van der Waals surface area contributed by atoms with Gasteiger partial charge < -0.3 is 14.7 Å². The Morgan fingerprint density at radius 2 is 2.12 bits per heavy atom. The number of carbonyl (C=O) groups excluding carboxylic acids is 1. The van der Waals surface area contributed by atoms with Gasteiger partial charge in [-0.1, -0.05) is 0 Å². The number of piperidine rings is 2. The first-order valence-corrected chi connectivity index (χ1v) is 6.51. The van der Waals surface area contributed by atoms with Crippen molar-refractivity contribution < 1.29 is 14.6 Å². The highest BCUT2D eigenvalue weighted by atomic mass is 16.6. The lowest BCUT2D eigenvalue weighted by molar-refractivity contribution is -0.0383. The molecule has 3 aliphatic rings. The molecule has 1 amide bonds. The second-order valence-corrected chi connectivity index (χ2v) is 6.30. The molecule has 0 aromatic carbocycles. The molecular formula is C13H23NO3. The van der Waals surface area contributed by atoms with E-state index in [1.165, 1.54) is 0 Å². The summed E-state index contributed by atoms with van der Waals surface area (Å²) in [6.07, 6.45) is 2.93. The molecule has 3 atom stereocenters. The van der Waals surface area contributed by atoms with Crippen LogP contribution in [0, 0.1) is 11.8 Å². The molecule has 2 aliphatic heterocycles. The SMILES string of the molecule is CC(C)(C)OC(=O)N1CC2CCC1CC2CO. The lowest BCUT2D eigenvalue weighted by Gasteiger charge is -2.48. The summed E-state index contributed by atoms with van der Waals surface area (Å²) in [4.78, 5) is 13.9. The Kier molecular flexibility index (Phi) is 3.34. The van der Waals surface area contributed by atoms with Crippen LogP contribution in [0.5, 0.6) is 0 Å². The molecule has 2 heterocycles. The van der Waals surface area contributed by atoms with E-state index in [1.807, 2.05) is 25.7 Å². The number of carbonyl (C=O) groups is 1. The van der Waals surface area contributed by atoms with Gasteiger partial charge in [-0.2, -0.15) is 0 Å². The van der Waals surface area contributed by atoms with Crippen LogP contribution < -0.4 is 0 Å². The summed E-state index contributed by atoms with van der Waals surface area (Å²) in [6, 6.07) is 0.270. The van der Waals surface area contributed by atoms with Crippen molar-refractivity contribution in [1.29, 1.82) is 0 Å². The Morgan fingerprint density at radius 1 is 1.41 bits per heavy atom. The Labute approximate surface area is 103 Å². The van der Waals surface area contributed by atoms with E-state index in [1.54, 1.807) is 0 Å². The number of aliphatic hydroxyl groups is 1. The fourth-order valence-electron chi connectivity index (χ4n) is 2.99. The van der Waals surface area contributed by atoms with Gasteiger partial charge in [0.05, 0.1) is 0 Å². The Balaban J connectivity index is 1.98. The van der Waals surface area contributed by atoms with Crippen LogP contribution in [0.15, 0.2) is 0 Å². The number of aliphatic hydroxyl groups excluding tert-OH is 1. The maximum atomic E-state index is 12.0. The number of hydrogen-bond donors (Lipinski definition) is 1. The second kappa shape index (κ2) is 4.48. The molecule has 4 heteroatoms. The van der Waals surface area contributed by atoms with Crippen LogP contribution in [0.1, 0.15) is 40.0 Å². The predicted molar refractivity (Wildman–Crippen MR) is 64.6 cm³/mol. The largest absolute Gasteiger partial charge is 0.444 e. The standard InChI is InChI=1S/C13H23NO3/c1-13(2,3)17-12(16)14-7-9-4-5-11(14)6-10(9)8-15/h9-11,15H,4-8H2,1-3H3. The quantitative estimate of drug-likeness (QED) is 0.764. The van der Waals surface area contributed by atoms with Gasteiger partial charge >= 0.3 is 6.09 Å². The third-order valence-electron chi connectivity index (χ3n) is 3.85. The minimum atomic E-state index is -0.426. The first-order chi connectivity index (χ1) is 7.90. The van der Waals surface area contributed by atoms with Gasteiger partial charge in [-0.3, -0.25) is 0 Å². The smallest absolute Gasteiger partial charge is 0.410 e. The van der Waals surface area contributed by atoms with Crippen molar-refractivity contribution in [2.75, 3.05) is 13.2 Å². The van der Waals surface area contributed by atoms with Gasteiger partial charge in [0.2, 0.25) is 0 Å². The maximum absolute atomic E-state index is 12.0. The zero-order valence-electron chi connectivity index (χ0n) is 11.0. The zero-order chi connectivity index (χ0) is 12.6. The lowest BCUT2D eigenvalue weighted by Crippen LogP contribution is -2.55. The van der Waals surface area contributed by atoms with Gasteiger partial charge in [-0.25, -0.2) is 4.79 Å². The van der Waals surface area contributed by atoms with Crippen LogP contribution in [0.4, 0.5) is 4.79 Å². The Morgan fingerprint density at radius 3 is 2.59 bits per heavy atom. The van der Waals surface area contributed by atoms with E-state index < -0.39 is 5.60 Å². The number of hydrogen-bond acceptors (Lipinski definition) is 3. The van der Waals surface area contributed by atoms with Gasteiger partial charge in [0.15, 0.2) is 0 Å². The molecule has 4 nitrogen and oxygen atoms in total. The van der Waals surface area contributed by atoms with Crippen LogP contribution in [0.2, 0.25) is 0 Å². The van der Waals surface area contributed by atoms with E-state index in [9.17, 15) is 9.90 Å².